The first-order valence-corrected chi connectivity index (χ1v) is 9.62. The zero-order valence-electron chi connectivity index (χ0n) is 14.7. The Kier molecular flexibility index (Phi) is 7.29. The van der Waals surface area contributed by atoms with Gasteiger partial charge in [0.25, 0.3) is 0 Å². The summed E-state index contributed by atoms with van der Waals surface area (Å²) < 4.78 is 12.2. The summed E-state index contributed by atoms with van der Waals surface area (Å²) in [6.45, 7) is 1.62. The molecular formula is C20H21ClCoN2O3. The number of aromatic hydroxyl groups is 1. The monoisotopic (exact) mass is 431 g/mol. The molecule has 2 aromatic carbocycles. The molecule has 27 heavy (non-hydrogen) atoms. The maximum absolute atomic E-state index is 9.25. The molecule has 0 saturated carbocycles. The quantitative estimate of drug-likeness (QED) is 0.624. The summed E-state index contributed by atoms with van der Waals surface area (Å²) in [6.07, 6.45) is 2.44. The third-order valence-corrected chi connectivity index (χ3v) is 4.71. The van der Waals surface area contributed by atoms with E-state index in [1.165, 1.54) is 0 Å². The van der Waals surface area contributed by atoms with Crippen molar-refractivity contribution in [3.63, 3.8) is 0 Å². The van der Waals surface area contributed by atoms with Crippen molar-refractivity contribution >= 4 is 21.9 Å². The van der Waals surface area contributed by atoms with E-state index in [-0.39, 0.29) is 5.75 Å². The normalized spacial score (nSPS) is 13.9. The van der Waals surface area contributed by atoms with E-state index in [1.54, 1.807) is 12.1 Å². The van der Waals surface area contributed by atoms with Crippen LogP contribution >= 0.6 is 11.6 Å². The van der Waals surface area contributed by atoms with Gasteiger partial charge in [-0.3, -0.25) is 0 Å². The van der Waals surface area contributed by atoms with Crippen molar-refractivity contribution in [1.29, 1.82) is 0 Å². The zero-order chi connectivity index (χ0) is 19.1. The van der Waals surface area contributed by atoms with Gasteiger partial charge in [-0.15, -0.1) is 0 Å². The summed E-state index contributed by atoms with van der Waals surface area (Å²) >= 11 is 10.7. The standard InChI is InChI=1S/C20H21ClN2O3.Co/c21-18-13-16(19-3-1-10-22-23-19)6-9-20(18)26-12-2-11-25-14-15-4-7-17(24)8-5-15;/h4-9,13,22,24H,1-3,11-12,14H2;. The number of halogens is 1. The number of rotatable bonds is 8. The molecule has 1 aliphatic heterocycles. The molecule has 0 radical (unpaired) electrons. The van der Waals surface area contributed by atoms with Gasteiger partial charge in [0.05, 0.1) is 6.61 Å². The second kappa shape index (κ2) is 9.89. The fraction of sp³-hybridized carbons (Fsp3) is 0.300. The maximum atomic E-state index is 9.25. The Morgan fingerprint density at radius 3 is 2.63 bits per heavy atom. The van der Waals surface area contributed by atoms with Crippen molar-refractivity contribution in [2.24, 2.45) is 5.10 Å². The molecule has 1 aliphatic rings. The van der Waals surface area contributed by atoms with Gasteiger partial charge in [-0.1, -0.05) is 12.1 Å². The van der Waals surface area contributed by atoms with Crippen molar-refractivity contribution in [1.82, 2.24) is 5.43 Å². The molecule has 0 aliphatic carbocycles. The van der Waals surface area contributed by atoms with E-state index < -0.39 is 0 Å². The van der Waals surface area contributed by atoms with Crippen LogP contribution in [0, 0.1) is 0 Å². The first-order chi connectivity index (χ1) is 13.1. The number of hydrogen-bond acceptors (Lipinski definition) is 5. The number of hydrogen-bond donors (Lipinski definition) is 2. The molecule has 0 aromatic heterocycles. The second-order valence-electron chi connectivity index (χ2n) is 6.11. The van der Waals surface area contributed by atoms with Crippen LogP contribution in [0.25, 0.3) is 0 Å². The van der Waals surface area contributed by atoms with Crippen LogP contribution in [0.2, 0.25) is 5.02 Å². The van der Waals surface area contributed by atoms with E-state index in [0.717, 1.165) is 40.7 Å². The van der Waals surface area contributed by atoms with Gasteiger partial charge in [0.1, 0.15) is 5.75 Å². The van der Waals surface area contributed by atoms with E-state index in [2.05, 4.69) is 25.8 Å². The third kappa shape index (κ3) is 6.07. The van der Waals surface area contributed by atoms with E-state index in [4.69, 9.17) is 21.1 Å². The zero-order valence-corrected chi connectivity index (χ0v) is 16.5. The Morgan fingerprint density at radius 2 is 1.93 bits per heavy atom. The molecule has 0 amide bonds. The van der Waals surface area contributed by atoms with Gasteiger partial charge in [-0.2, -0.15) is 0 Å². The van der Waals surface area contributed by atoms with Crippen LogP contribution in [0.3, 0.4) is 0 Å². The molecule has 0 unspecified atom stereocenters. The Morgan fingerprint density at radius 1 is 1.11 bits per heavy atom. The Hall–Kier alpha value is -1.86. The summed E-state index contributed by atoms with van der Waals surface area (Å²) in [5, 5.41) is 14.1. The van der Waals surface area contributed by atoms with E-state index in [0.29, 0.717) is 30.6 Å². The van der Waals surface area contributed by atoms with Gasteiger partial charge in [0.2, 0.25) is 0 Å². The summed E-state index contributed by atoms with van der Waals surface area (Å²) in [4.78, 5) is 0. The number of phenols is 1. The molecule has 1 heterocycles. The molecule has 0 atom stereocenters. The Bertz CT molecular complexity index is 824. The van der Waals surface area contributed by atoms with Crippen LogP contribution in [0.15, 0.2) is 47.6 Å². The summed E-state index contributed by atoms with van der Waals surface area (Å²) in [6, 6.07) is 12.7. The summed E-state index contributed by atoms with van der Waals surface area (Å²) in [5.74, 6) is 0.913. The molecule has 0 fully saturated rings. The Labute approximate surface area is 171 Å². The minimum Gasteiger partial charge on any atom is -0.0530 e. The predicted molar refractivity (Wildman–Crippen MR) is 103 cm³/mol. The van der Waals surface area contributed by atoms with E-state index in [1.807, 2.05) is 30.3 Å². The van der Waals surface area contributed by atoms with Crippen LogP contribution in [-0.4, -0.2) is 28.6 Å². The number of hydrazone groups is 1. The van der Waals surface area contributed by atoms with Gasteiger partial charge < -0.3 is 9.84 Å². The average Bonchev–Trinajstić information content (AvgIpc) is 2.67. The minimum atomic E-state index is 0.256. The first-order valence-electron chi connectivity index (χ1n) is 8.72. The number of nitrogens with zero attached hydrogens (tertiary/aromatic N) is 1. The molecular weight excluding hydrogens is 411 g/mol. The fourth-order valence-corrected chi connectivity index (χ4v) is 3.02. The molecule has 0 saturated heterocycles. The second-order valence-corrected chi connectivity index (χ2v) is 7.15. The molecule has 2 aromatic rings. The number of ether oxygens (including phenoxy) is 2. The van der Waals surface area contributed by atoms with Crippen LogP contribution in [0.1, 0.15) is 30.4 Å². The van der Waals surface area contributed by atoms with Crippen LogP contribution in [-0.2, 0) is 26.6 Å². The van der Waals surface area contributed by atoms with Gasteiger partial charge in [-0.25, -0.2) is 0 Å². The first kappa shape index (κ1) is 19.9. The molecule has 0 spiro atoms. The van der Waals surface area contributed by atoms with E-state index >= 15 is 0 Å². The van der Waals surface area contributed by atoms with E-state index in [9.17, 15) is 5.11 Å². The molecule has 2 N–H and O–H groups in total. The average molecular weight is 432 g/mol. The predicted octanol–water partition coefficient (Wildman–Crippen LogP) is 3.80. The van der Waals surface area contributed by atoms with Gasteiger partial charge in [0, 0.05) is 0 Å². The number of phenolic OH excluding ortho intramolecular Hbond substituents is 1. The molecule has 145 valence electrons. The SMILES string of the molecule is Oc1ccc(COCCCOc2ccc(C3=NN[C](=[Co])CC3)cc2Cl)cc1. The Balaban J connectivity index is 1.40. The largest absolute Gasteiger partial charge is 0.0530 e. The van der Waals surface area contributed by atoms with Crippen molar-refractivity contribution in [2.45, 2.75) is 25.9 Å². The summed E-state index contributed by atoms with van der Waals surface area (Å²) in [7, 11) is 0. The maximum Gasteiger partial charge on any atom is -0.0199 e. The summed E-state index contributed by atoms with van der Waals surface area (Å²) in [5.41, 5.74) is 5.87. The number of nitrogens with one attached hydrogen (secondary N) is 1. The van der Waals surface area contributed by atoms with Crippen molar-refractivity contribution in [2.75, 3.05) is 13.2 Å². The smallest absolute Gasteiger partial charge is 0.0199 e. The van der Waals surface area contributed by atoms with Crippen LogP contribution in [0.4, 0.5) is 0 Å². The van der Waals surface area contributed by atoms with Crippen LogP contribution < -0.4 is 10.2 Å². The molecule has 0 bridgehead atoms. The van der Waals surface area contributed by atoms with Crippen molar-refractivity contribution in [3.8, 4) is 11.5 Å². The topological polar surface area (TPSA) is 63.1 Å². The van der Waals surface area contributed by atoms with Crippen molar-refractivity contribution in [3.05, 3.63) is 58.6 Å². The molecule has 5 nitrogen and oxygen atoms in total. The minimum absolute atomic E-state index is 0.256. The molecule has 7 heteroatoms. The third-order valence-electron chi connectivity index (χ3n) is 4.04. The fourth-order valence-electron chi connectivity index (χ4n) is 2.59. The molecule has 3 rings (SSSR count). The van der Waals surface area contributed by atoms with Gasteiger partial charge in [-0.05, 0) is 17.7 Å². The van der Waals surface area contributed by atoms with Crippen molar-refractivity contribution < 1.29 is 29.9 Å². The van der Waals surface area contributed by atoms with Gasteiger partial charge in [0.15, 0.2) is 0 Å². The van der Waals surface area contributed by atoms with Gasteiger partial charge >= 0.3 is 119 Å². The number of benzene rings is 2. The van der Waals surface area contributed by atoms with Crippen LogP contribution in [0.5, 0.6) is 11.5 Å².